The number of benzene rings is 1. The van der Waals surface area contributed by atoms with Gasteiger partial charge in [0.25, 0.3) is 0 Å². The Labute approximate surface area is 128 Å². The van der Waals surface area contributed by atoms with Crippen molar-refractivity contribution in [3.63, 3.8) is 0 Å². The Kier molecular flexibility index (Phi) is 5.46. The summed E-state index contributed by atoms with van der Waals surface area (Å²) in [4.78, 5) is 1.10. The van der Waals surface area contributed by atoms with Crippen molar-refractivity contribution in [3.05, 3.63) is 52.0 Å². The summed E-state index contributed by atoms with van der Waals surface area (Å²) in [6.07, 6.45) is 0.519. The molecule has 2 N–H and O–H groups in total. The van der Waals surface area contributed by atoms with E-state index in [1.807, 2.05) is 0 Å². The van der Waals surface area contributed by atoms with E-state index in [0.29, 0.717) is 17.9 Å². The topological polar surface area (TPSA) is 58.2 Å². The van der Waals surface area contributed by atoms with Crippen molar-refractivity contribution in [2.75, 3.05) is 13.6 Å². The van der Waals surface area contributed by atoms with Crippen molar-refractivity contribution in [3.8, 4) is 0 Å². The molecule has 0 radical (unpaired) electrons. The van der Waals surface area contributed by atoms with Gasteiger partial charge in [0, 0.05) is 18.0 Å². The zero-order valence-corrected chi connectivity index (χ0v) is 13.2. The zero-order valence-electron chi connectivity index (χ0n) is 11.6. The average molecular weight is 328 g/mol. The predicted octanol–water partition coefficient (Wildman–Crippen LogP) is 2.13. The molecular formula is C14H17FN2O2S2. The summed E-state index contributed by atoms with van der Waals surface area (Å²) in [5.74, 6) is -0.297. The molecular weight excluding hydrogens is 311 g/mol. The largest absolute Gasteiger partial charge is 0.315 e. The Morgan fingerprint density at radius 1 is 1.19 bits per heavy atom. The van der Waals surface area contributed by atoms with Crippen molar-refractivity contribution in [1.82, 2.24) is 10.0 Å². The van der Waals surface area contributed by atoms with Crippen LogP contribution >= 0.6 is 11.3 Å². The molecule has 4 nitrogen and oxygen atoms in total. The van der Waals surface area contributed by atoms with Crippen LogP contribution in [0.25, 0.3) is 0 Å². The first kappa shape index (κ1) is 16.1. The molecule has 0 fully saturated rings. The first-order valence-electron chi connectivity index (χ1n) is 6.48. The van der Waals surface area contributed by atoms with Crippen LogP contribution in [0.5, 0.6) is 0 Å². The van der Waals surface area contributed by atoms with Gasteiger partial charge in [0.05, 0.1) is 4.90 Å². The maximum absolute atomic E-state index is 12.8. The molecule has 0 unspecified atom stereocenters. The van der Waals surface area contributed by atoms with Gasteiger partial charge < -0.3 is 5.32 Å². The lowest BCUT2D eigenvalue weighted by molar-refractivity contribution is 0.580. The fourth-order valence-electron chi connectivity index (χ4n) is 1.92. The van der Waals surface area contributed by atoms with Crippen LogP contribution in [0.3, 0.4) is 0 Å². The van der Waals surface area contributed by atoms with Crippen molar-refractivity contribution < 1.29 is 12.8 Å². The molecule has 7 heteroatoms. The van der Waals surface area contributed by atoms with Gasteiger partial charge in [-0.25, -0.2) is 17.5 Å². The number of hydrogen-bond acceptors (Lipinski definition) is 4. The maximum atomic E-state index is 12.8. The quantitative estimate of drug-likeness (QED) is 0.818. The summed E-state index contributed by atoms with van der Waals surface area (Å²) in [5, 5.41) is 4.72. The van der Waals surface area contributed by atoms with E-state index >= 15 is 0 Å². The van der Waals surface area contributed by atoms with Gasteiger partial charge in [-0.05, 0) is 42.6 Å². The summed E-state index contributed by atoms with van der Waals surface area (Å²) >= 11 is 1.41. The lowest BCUT2D eigenvalue weighted by Crippen LogP contribution is -2.26. The van der Waals surface area contributed by atoms with Crippen LogP contribution in [0.15, 0.2) is 40.6 Å². The molecule has 0 spiro atoms. The van der Waals surface area contributed by atoms with Crippen LogP contribution in [0.1, 0.15) is 10.4 Å². The first-order chi connectivity index (χ1) is 10.0. The lowest BCUT2D eigenvalue weighted by atomic mass is 10.1. The van der Waals surface area contributed by atoms with Crippen molar-refractivity contribution >= 4 is 21.4 Å². The maximum Gasteiger partial charge on any atom is 0.241 e. The van der Waals surface area contributed by atoms with Gasteiger partial charge in [0.2, 0.25) is 10.0 Å². The van der Waals surface area contributed by atoms with Crippen LogP contribution in [0.2, 0.25) is 0 Å². The molecule has 0 atom stereocenters. The molecule has 0 saturated heterocycles. The second-order valence-corrected chi connectivity index (χ2v) is 7.25. The Morgan fingerprint density at radius 2 is 1.90 bits per heavy atom. The number of sulfonamides is 1. The van der Waals surface area contributed by atoms with Gasteiger partial charge in [-0.2, -0.15) is 0 Å². The summed E-state index contributed by atoms with van der Waals surface area (Å²) in [5.41, 5.74) is 0.889. The highest BCUT2D eigenvalue weighted by molar-refractivity contribution is 7.89. The van der Waals surface area contributed by atoms with E-state index in [1.165, 1.54) is 23.5 Å². The minimum Gasteiger partial charge on any atom is -0.315 e. The number of nitrogens with one attached hydrogen (secondary N) is 2. The van der Waals surface area contributed by atoms with Crippen LogP contribution in [0.4, 0.5) is 4.39 Å². The highest BCUT2D eigenvalue weighted by Gasteiger charge is 2.18. The molecule has 2 rings (SSSR count). The monoisotopic (exact) mass is 328 g/mol. The van der Waals surface area contributed by atoms with Crippen LogP contribution < -0.4 is 10.0 Å². The third kappa shape index (κ3) is 4.34. The van der Waals surface area contributed by atoms with E-state index in [2.05, 4.69) is 10.0 Å². The highest BCUT2D eigenvalue weighted by Crippen LogP contribution is 2.21. The highest BCUT2D eigenvalue weighted by atomic mass is 32.2. The van der Waals surface area contributed by atoms with Gasteiger partial charge >= 0.3 is 0 Å². The van der Waals surface area contributed by atoms with Crippen LogP contribution in [-0.4, -0.2) is 22.0 Å². The third-order valence-corrected chi connectivity index (χ3v) is 5.55. The Morgan fingerprint density at radius 3 is 2.57 bits per heavy atom. The third-order valence-electron chi connectivity index (χ3n) is 2.95. The molecule has 1 aromatic heterocycles. The molecule has 1 aromatic carbocycles. The van der Waals surface area contributed by atoms with E-state index in [0.717, 1.165) is 10.4 Å². The standard InChI is InChI=1S/C14H17FN2O2S2/c1-16-10-13-14(7-9-20-13)21(18,19)17-8-6-11-2-4-12(15)5-3-11/h2-5,7,9,16-17H,6,8,10H2,1H3. The number of rotatable bonds is 7. The fourth-order valence-corrected chi connectivity index (χ4v) is 4.40. The van der Waals surface area contributed by atoms with Crippen molar-refractivity contribution in [1.29, 1.82) is 0 Å². The van der Waals surface area contributed by atoms with Crippen LogP contribution in [-0.2, 0) is 23.0 Å². The molecule has 0 aliphatic rings. The second kappa shape index (κ2) is 7.13. The molecule has 0 aliphatic carbocycles. The molecule has 21 heavy (non-hydrogen) atoms. The average Bonchev–Trinajstić information content (AvgIpc) is 2.90. The fraction of sp³-hybridized carbons (Fsp3) is 0.286. The summed E-state index contributed by atoms with van der Waals surface area (Å²) in [6, 6.07) is 7.65. The second-order valence-electron chi connectivity index (χ2n) is 4.51. The number of halogens is 1. The minimum absolute atomic E-state index is 0.281. The number of thiophene rings is 1. The summed E-state index contributed by atoms with van der Waals surface area (Å²) in [7, 11) is -1.73. The molecule has 0 bridgehead atoms. The molecule has 114 valence electrons. The lowest BCUT2D eigenvalue weighted by Gasteiger charge is -2.08. The Bertz CT molecular complexity index is 681. The molecule has 0 saturated carbocycles. The molecule has 0 amide bonds. The number of hydrogen-bond donors (Lipinski definition) is 2. The minimum atomic E-state index is -3.50. The molecule has 1 heterocycles. The Hall–Kier alpha value is -1.28. The predicted molar refractivity (Wildman–Crippen MR) is 82.4 cm³/mol. The molecule has 0 aliphatic heterocycles. The van der Waals surface area contributed by atoms with Crippen LogP contribution in [0, 0.1) is 5.82 Å². The molecule has 2 aromatic rings. The van der Waals surface area contributed by atoms with E-state index in [1.54, 1.807) is 30.6 Å². The SMILES string of the molecule is CNCc1sccc1S(=O)(=O)NCCc1ccc(F)cc1. The zero-order chi connectivity index (χ0) is 15.3. The first-order valence-corrected chi connectivity index (χ1v) is 8.84. The Balaban J connectivity index is 1.98. The van der Waals surface area contributed by atoms with E-state index in [4.69, 9.17) is 0 Å². The van der Waals surface area contributed by atoms with E-state index in [-0.39, 0.29) is 12.4 Å². The smallest absolute Gasteiger partial charge is 0.241 e. The van der Waals surface area contributed by atoms with Gasteiger partial charge in [0.1, 0.15) is 5.82 Å². The van der Waals surface area contributed by atoms with Gasteiger partial charge in [-0.1, -0.05) is 12.1 Å². The van der Waals surface area contributed by atoms with Crippen molar-refractivity contribution in [2.45, 2.75) is 17.9 Å². The van der Waals surface area contributed by atoms with Gasteiger partial charge in [-0.15, -0.1) is 11.3 Å². The van der Waals surface area contributed by atoms with Gasteiger partial charge in [-0.3, -0.25) is 0 Å². The van der Waals surface area contributed by atoms with E-state index < -0.39 is 10.0 Å². The summed E-state index contributed by atoms with van der Waals surface area (Å²) in [6.45, 7) is 0.800. The van der Waals surface area contributed by atoms with Gasteiger partial charge in [0.15, 0.2) is 0 Å². The normalized spacial score (nSPS) is 11.7. The van der Waals surface area contributed by atoms with E-state index in [9.17, 15) is 12.8 Å². The summed E-state index contributed by atoms with van der Waals surface area (Å²) < 4.78 is 39.8. The van der Waals surface area contributed by atoms with Crippen molar-refractivity contribution in [2.24, 2.45) is 0 Å².